The number of aryl methyl sites for hydroxylation is 1. The molecule has 0 spiro atoms. The lowest BCUT2D eigenvalue weighted by molar-refractivity contribution is 0.186. The molecular formula is C20H32N2O2S. The molecule has 1 aromatic carbocycles. The topological polar surface area (TPSA) is 40.6 Å². The third-order valence-corrected chi connectivity index (χ3v) is 7.55. The van der Waals surface area contributed by atoms with E-state index in [4.69, 9.17) is 0 Å². The van der Waals surface area contributed by atoms with Crippen LogP contribution in [-0.4, -0.2) is 56.1 Å². The van der Waals surface area contributed by atoms with E-state index >= 15 is 0 Å². The van der Waals surface area contributed by atoms with Crippen LogP contribution in [0.25, 0.3) is 0 Å². The summed E-state index contributed by atoms with van der Waals surface area (Å²) < 4.78 is 27.0. The van der Waals surface area contributed by atoms with Crippen LogP contribution in [0.5, 0.6) is 0 Å². The SMILES string of the molecule is O=S(=O)(CCc1ccccc1)N1CCC(CN2CCCCCC2)CC1. The fourth-order valence-corrected chi connectivity index (χ4v) is 5.59. The van der Waals surface area contributed by atoms with Crippen LogP contribution in [0, 0.1) is 5.92 Å². The number of benzene rings is 1. The Morgan fingerprint density at radius 2 is 1.52 bits per heavy atom. The largest absolute Gasteiger partial charge is 0.303 e. The molecule has 0 saturated carbocycles. The van der Waals surface area contributed by atoms with E-state index in [1.54, 1.807) is 4.31 Å². The molecule has 2 fully saturated rings. The molecule has 2 aliphatic rings. The van der Waals surface area contributed by atoms with Crippen molar-refractivity contribution in [2.45, 2.75) is 44.9 Å². The van der Waals surface area contributed by atoms with Gasteiger partial charge in [-0.25, -0.2) is 12.7 Å². The van der Waals surface area contributed by atoms with Gasteiger partial charge < -0.3 is 4.90 Å². The highest BCUT2D eigenvalue weighted by Crippen LogP contribution is 2.22. The van der Waals surface area contributed by atoms with Crippen molar-refractivity contribution in [3.8, 4) is 0 Å². The zero-order valence-electron chi connectivity index (χ0n) is 15.3. The summed E-state index contributed by atoms with van der Waals surface area (Å²) in [4.78, 5) is 2.61. The summed E-state index contributed by atoms with van der Waals surface area (Å²) in [5.41, 5.74) is 1.10. The summed E-state index contributed by atoms with van der Waals surface area (Å²) in [5, 5.41) is 0. The lowest BCUT2D eigenvalue weighted by Crippen LogP contribution is -2.42. The minimum Gasteiger partial charge on any atom is -0.303 e. The van der Waals surface area contributed by atoms with Crippen molar-refractivity contribution in [2.24, 2.45) is 5.92 Å². The van der Waals surface area contributed by atoms with Crippen molar-refractivity contribution in [2.75, 3.05) is 38.5 Å². The van der Waals surface area contributed by atoms with Gasteiger partial charge in [-0.15, -0.1) is 0 Å². The molecule has 140 valence electrons. The van der Waals surface area contributed by atoms with Gasteiger partial charge in [-0.1, -0.05) is 43.2 Å². The first kappa shape index (κ1) is 18.9. The Kier molecular flexibility index (Phi) is 6.91. The highest BCUT2D eigenvalue weighted by molar-refractivity contribution is 7.89. The normalized spacial score (nSPS) is 21.9. The molecule has 2 heterocycles. The Bertz CT molecular complexity index is 602. The maximum Gasteiger partial charge on any atom is 0.214 e. The Balaban J connectivity index is 1.44. The van der Waals surface area contributed by atoms with Gasteiger partial charge >= 0.3 is 0 Å². The van der Waals surface area contributed by atoms with Gasteiger partial charge in [0.25, 0.3) is 0 Å². The van der Waals surface area contributed by atoms with Gasteiger partial charge in [0.15, 0.2) is 0 Å². The first-order chi connectivity index (χ1) is 12.1. The summed E-state index contributed by atoms with van der Waals surface area (Å²) in [6.45, 7) is 5.04. The number of likely N-dealkylation sites (tertiary alicyclic amines) is 1. The van der Waals surface area contributed by atoms with Gasteiger partial charge in [0.05, 0.1) is 5.75 Å². The molecule has 0 radical (unpaired) electrons. The first-order valence-corrected chi connectivity index (χ1v) is 11.5. The van der Waals surface area contributed by atoms with E-state index in [2.05, 4.69) is 4.90 Å². The van der Waals surface area contributed by atoms with Crippen molar-refractivity contribution >= 4 is 10.0 Å². The molecule has 0 atom stereocenters. The zero-order valence-corrected chi connectivity index (χ0v) is 16.1. The summed E-state index contributed by atoms with van der Waals surface area (Å²) in [6, 6.07) is 9.91. The van der Waals surface area contributed by atoms with E-state index in [0.717, 1.165) is 24.9 Å². The van der Waals surface area contributed by atoms with Crippen LogP contribution in [0.1, 0.15) is 44.1 Å². The van der Waals surface area contributed by atoms with Crippen LogP contribution < -0.4 is 0 Å². The van der Waals surface area contributed by atoms with Gasteiger partial charge in [0.1, 0.15) is 0 Å². The Morgan fingerprint density at radius 3 is 2.16 bits per heavy atom. The summed E-state index contributed by atoms with van der Waals surface area (Å²) >= 11 is 0. The highest BCUT2D eigenvalue weighted by atomic mass is 32.2. The second kappa shape index (κ2) is 9.15. The van der Waals surface area contributed by atoms with Gasteiger partial charge in [-0.3, -0.25) is 0 Å². The molecule has 0 aromatic heterocycles. The van der Waals surface area contributed by atoms with Crippen molar-refractivity contribution in [3.63, 3.8) is 0 Å². The third-order valence-electron chi connectivity index (χ3n) is 5.67. The molecule has 0 unspecified atom stereocenters. The average molecular weight is 365 g/mol. The summed E-state index contributed by atoms with van der Waals surface area (Å²) in [7, 11) is -3.12. The predicted octanol–water partition coefficient (Wildman–Crippen LogP) is 3.15. The van der Waals surface area contributed by atoms with Crippen LogP contribution in [0.15, 0.2) is 30.3 Å². The molecule has 0 amide bonds. The number of hydrogen-bond acceptors (Lipinski definition) is 3. The summed E-state index contributed by atoms with van der Waals surface area (Å²) in [6.07, 6.45) is 8.03. The standard InChI is InChI=1S/C20H32N2O2S/c23-25(24,17-12-19-8-4-3-5-9-19)22-15-10-20(11-16-22)18-21-13-6-1-2-7-14-21/h3-5,8-9,20H,1-2,6-7,10-18H2. The average Bonchev–Trinajstić information content (AvgIpc) is 2.90. The van der Waals surface area contributed by atoms with E-state index in [1.807, 2.05) is 30.3 Å². The minimum absolute atomic E-state index is 0.230. The predicted molar refractivity (Wildman–Crippen MR) is 103 cm³/mol. The maximum absolute atomic E-state index is 12.6. The quantitative estimate of drug-likeness (QED) is 0.778. The van der Waals surface area contributed by atoms with Crippen LogP contribution in [0.4, 0.5) is 0 Å². The number of sulfonamides is 1. The zero-order chi connectivity index (χ0) is 17.5. The van der Waals surface area contributed by atoms with Crippen LogP contribution in [0.3, 0.4) is 0 Å². The van der Waals surface area contributed by atoms with Gasteiger partial charge in [0.2, 0.25) is 10.0 Å². The van der Waals surface area contributed by atoms with E-state index in [1.165, 1.54) is 38.8 Å². The molecule has 0 N–H and O–H groups in total. The van der Waals surface area contributed by atoms with Crippen molar-refractivity contribution in [1.82, 2.24) is 9.21 Å². The lowest BCUT2D eigenvalue weighted by atomic mass is 9.97. The van der Waals surface area contributed by atoms with E-state index in [9.17, 15) is 8.42 Å². The van der Waals surface area contributed by atoms with Crippen molar-refractivity contribution in [1.29, 1.82) is 0 Å². The van der Waals surface area contributed by atoms with Crippen LogP contribution >= 0.6 is 0 Å². The van der Waals surface area contributed by atoms with E-state index in [-0.39, 0.29) is 5.75 Å². The van der Waals surface area contributed by atoms with Crippen LogP contribution in [0.2, 0.25) is 0 Å². The molecule has 2 saturated heterocycles. The highest BCUT2D eigenvalue weighted by Gasteiger charge is 2.28. The number of hydrogen-bond donors (Lipinski definition) is 0. The maximum atomic E-state index is 12.6. The van der Waals surface area contributed by atoms with Gasteiger partial charge in [0, 0.05) is 19.6 Å². The Morgan fingerprint density at radius 1 is 0.880 bits per heavy atom. The molecular weight excluding hydrogens is 332 g/mol. The fraction of sp³-hybridized carbons (Fsp3) is 0.700. The molecule has 1 aromatic rings. The minimum atomic E-state index is -3.12. The summed E-state index contributed by atoms with van der Waals surface area (Å²) in [5.74, 6) is 0.895. The number of nitrogens with zero attached hydrogens (tertiary/aromatic N) is 2. The molecule has 3 rings (SSSR count). The monoisotopic (exact) mass is 364 g/mol. The molecule has 0 aliphatic carbocycles. The van der Waals surface area contributed by atoms with E-state index < -0.39 is 10.0 Å². The Hall–Kier alpha value is -0.910. The van der Waals surface area contributed by atoms with Gasteiger partial charge in [-0.2, -0.15) is 0 Å². The van der Waals surface area contributed by atoms with Gasteiger partial charge in [-0.05, 0) is 56.7 Å². The molecule has 4 nitrogen and oxygen atoms in total. The fourth-order valence-electron chi connectivity index (χ4n) is 4.07. The molecule has 0 bridgehead atoms. The molecule has 2 aliphatic heterocycles. The Labute approximate surface area is 153 Å². The second-order valence-electron chi connectivity index (χ2n) is 7.61. The molecule has 5 heteroatoms. The first-order valence-electron chi connectivity index (χ1n) is 9.87. The molecule has 25 heavy (non-hydrogen) atoms. The third kappa shape index (κ3) is 5.80. The van der Waals surface area contributed by atoms with Crippen LogP contribution in [-0.2, 0) is 16.4 Å². The number of rotatable bonds is 6. The van der Waals surface area contributed by atoms with Crippen molar-refractivity contribution in [3.05, 3.63) is 35.9 Å². The second-order valence-corrected chi connectivity index (χ2v) is 9.70. The lowest BCUT2D eigenvalue weighted by Gasteiger charge is -2.34. The van der Waals surface area contributed by atoms with Crippen molar-refractivity contribution < 1.29 is 8.42 Å². The number of piperidine rings is 1. The van der Waals surface area contributed by atoms with E-state index in [0.29, 0.717) is 25.4 Å². The smallest absolute Gasteiger partial charge is 0.214 e.